The van der Waals surface area contributed by atoms with E-state index in [9.17, 15) is 9.36 Å². The molecule has 4 heteroatoms. The largest absolute Gasteiger partial charge is 0.341 e. The lowest BCUT2D eigenvalue weighted by Crippen LogP contribution is -2.18. The van der Waals surface area contributed by atoms with E-state index in [1.54, 1.807) is 6.08 Å². The number of nitrogens with zero attached hydrogens (tertiary/aromatic N) is 1. The molecule has 0 radical (unpaired) electrons. The molecule has 1 atom stereocenters. The maximum Gasteiger partial charge on any atom is 0.341 e. The second-order valence-corrected chi connectivity index (χ2v) is 5.61. The number of rotatable bonds is 3. The molecular formula is C9H15NO2P+. The number of isocyanates is 1. The van der Waals surface area contributed by atoms with Gasteiger partial charge in [-0.1, -0.05) is 4.57 Å². The van der Waals surface area contributed by atoms with Crippen molar-refractivity contribution >= 4 is 13.9 Å². The van der Waals surface area contributed by atoms with Crippen LogP contribution in [0.1, 0.15) is 32.6 Å². The number of hydrogen-bond donors (Lipinski definition) is 0. The zero-order valence-corrected chi connectivity index (χ0v) is 8.80. The van der Waals surface area contributed by atoms with Crippen LogP contribution in [-0.2, 0) is 9.36 Å². The predicted octanol–water partition coefficient (Wildman–Crippen LogP) is 2.48. The molecule has 0 aromatic carbocycles. The summed E-state index contributed by atoms with van der Waals surface area (Å²) in [6.45, 7) is 1.97. The van der Waals surface area contributed by atoms with Gasteiger partial charge in [0.05, 0.1) is 6.04 Å². The summed E-state index contributed by atoms with van der Waals surface area (Å²) in [5, 5.41) is 0. The van der Waals surface area contributed by atoms with Crippen molar-refractivity contribution in [1.29, 1.82) is 0 Å². The van der Waals surface area contributed by atoms with E-state index in [1.165, 1.54) is 0 Å². The second-order valence-electron chi connectivity index (χ2n) is 3.42. The van der Waals surface area contributed by atoms with Crippen LogP contribution in [0.25, 0.3) is 0 Å². The van der Waals surface area contributed by atoms with Gasteiger partial charge in [-0.15, -0.1) is 0 Å². The molecule has 1 aliphatic rings. The van der Waals surface area contributed by atoms with Gasteiger partial charge in [-0.25, -0.2) is 9.79 Å². The summed E-state index contributed by atoms with van der Waals surface area (Å²) in [6, 6.07) is 0.147. The molecule has 1 unspecified atom stereocenters. The van der Waals surface area contributed by atoms with Crippen LogP contribution in [0.3, 0.4) is 0 Å². The van der Waals surface area contributed by atoms with Crippen LogP contribution in [-0.4, -0.2) is 23.9 Å². The minimum Gasteiger partial charge on any atom is -0.211 e. The number of carbonyl (C=O) groups excluding carboxylic acids is 1. The molecule has 1 saturated carbocycles. The number of hydrogen-bond acceptors (Lipinski definition) is 3. The molecule has 0 spiro atoms. The highest BCUT2D eigenvalue weighted by atomic mass is 31.1. The van der Waals surface area contributed by atoms with E-state index in [0.717, 1.165) is 31.8 Å². The summed E-state index contributed by atoms with van der Waals surface area (Å²) in [5.74, 6) is 0. The zero-order chi connectivity index (χ0) is 9.68. The SMILES string of the molecule is CC[P+](=O)C1CCC(N=C=O)CC1. The van der Waals surface area contributed by atoms with E-state index in [2.05, 4.69) is 4.99 Å². The van der Waals surface area contributed by atoms with Crippen LogP contribution >= 0.6 is 7.80 Å². The van der Waals surface area contributed by atoms with Crippen LogP contribution in [0.5, 0.6) is 0 Å². The molecule has 13 heavy (non-hydrogen) atoms. The molecule has 0 aromatic rings. The fraction of sp³-hybridized carbons (Fsp3) is 0.889. The topological polar surface area (TPSA) is 46.5 Å². The monoisotopic (exact) mass is 200 g/mol. The van der Waals surface area contributed by atoms with Gasteiger partial charge in [0.1, 0.15) is 6.16 Å². The summed E-state index contributed by atoms with van der Waals surface area (Å²) in [6.07, 6.45) is 6.10. The maximum atomic E-state index is 11.5. The van der Waals surface area contributed by atoms with Gasteiger partial charge in [-0.3, -0.25) is 0 Å². The van der Waals surface area contributed by atoms with Crippen molar-refractivity contribution in [2.75, 3.05) is 6.16 Å². The minimum atomic E-state index is -1.02. The lowest BCUT2D eigenvalue weighted by Gasteiger charge is -2.18. The Kier molecular flexibility index (Phi) is 4.27. The molecule has 0 bridgehead atoms. The highest BCUT2D eigenvalue weighted by Crippen LogP contribution is 2.38. The molecule has 0 aromatic heterocycles. The average Bonchev–Trinajstić information content (AvgIpc) is 2.18. The van der Waals surface area contributed by atoms with Gasteiger partial charge >= 0.3 is 7.80 Å². The molecule has 0 N–H and O–H groups in total. The van der Waals surface area contributed by atoms with E-state index in [-0.39, 0.29) is 6.04 Å². The molecule has 0 saturated heterocycles. The third-order valence-corrected chi connectivity index (χ3v) is 4.57. The molecule has 72 valence electrons. The van der Waals surface area contributed by atoms with Crippen LogP contribution < -0.4 is 0 Å². The van der Waals surface area contributed by atoms with E-state index in [1.807, 2.05) is 6.92 Å². The van der Waals surface area contributed by atoms with Gasteiger partial charge in [0.15, 0.2) is 5.66 Å². The Labute approximate surface area is 79.4 Å². The van der Waals surface area contributed by atoms with Gasteiger partial charge in [0.25, 0.3) is 0 Å². The van der Waals surface area contributed by atoms with Crippen LogP contribution in [0.2, 0.25) is 0 Å². The first kappa shape index (κ1) is 10.6. The highest BCUT2D eigenvalue weighted by molar-refractivity contribution is 7.45. The quantitative estimate of drug-likeness (QED) is 0.399. The van der Waals surface area contributed by atoms with Gasteiger partial charge in [-0.05, 0) is 32.6 Å². The summed E-state index contributed by atoms with van der Waals surface area (Å²) in [7, 11) is -1.02. The van der Waals surface area contributed by atoms with E-state index in [4.69, 9.17) is 0 Å². The van der Waals surface area contributed by atoms with Crippen molar-refractivity contribution in [2.24, 2.45) is 4.99 Å². The third-order valence-electron chi connectivity index (χ3n) is 2.62. The molecule has 0 amide bonds. The van der Waals surface area contributed by atoms with E-state index in [0.29, 0.717) is 5.66 Å². The predicted molar refractivity (Wildman–Crippen MR) is 52.3 cm³/mol. The van der Waals surface area contributed by atoms with Crippen LogP contribution in [0, 0.1) is 0 Å². The Morgan fingerprint density at radius 1 is 1.38 bits per heavy atom. The Morgan fingerprint density at radius 2 is 2.00 bits per heavy atom. The number of aliphatic imine (C=N–C) groups is 1. The Hall–Kier alpha value is -0.520. The van der Waals surface area contributed by atoms with E-state index >= 15 is 0 Å². The van der Waals surface area contributed by atoms with Gasteiger partial charge in [-0.2, -0.15) is 0 Å². The summed E-state index contributed by atoms with van der Waals surface area (Å²) in [4.78, 5) is 13.7. The minimum absolute atomic E-state index is 0.147. The van der Waals surface area contributed by atoms with Crippen molar-refractivity contribution < 1.29 is 9.36 Å². The lowest BCUT2D eigenvalue weighted by atomic mass is 9.95. The molecule has 0 aliphatic heterocycles. The molecule has 1 aliphatic carbocycles. The molecule has 1 fully saturated rings. The molecular weight excluding hydrogens is 185 g/mol. The molecule has 0 heterocycles. The van der Waals surface area contributed by atoms with Crippen molar-refractivity contribution in [1.82, 2.24) is 0 Å². The highest BCUT2D eigenvalue weighted by Gasteiger charge is 2.32. The van der Waals surface area contributed by atoms with Crippen molar-refractivity contribution in [3.63, 3.8) is 0 Å². The second kappa shape index (κ2) is 5.26. The Balaban J connectivity index is 2.38. The van der Waals surface area contributed by atoms with Crippen molar-refractivity contribution in [3.05, 3.63) is 0 Å². The average molecular weight is 200 g/mol. The first-order chi connectivity index (χ1) is 6.27. The first-order valence-electron chi connectivity index (χ1n) is 4.78. The van der Waals surface area contributed by atoms with Crippen molar-refractivity contribution in [2.45, 2.75) is 44.3 Å². The van der Waals surface area contributed by atoms with Crippen LogP contribution in [0.4, 0.5) is 0 Å². The standard InChI is InChI=1S/C9H15NO2P/c1-2-13(12)9-5-3-8(4-6-9)10-7-11/h8-9H,2-6H2,1H3/q+1. The fourth-order valence-electron chi connectivity index (χ4n) is 1.81. The van der Waals surface area contributed by atoms with Gasteiger partial charge in [0.2, 0.25) is 6.08 Å². The van der Waals surface area contributed by atoms with Gasteiger partial charge in [0, 0.05) is 0 Å². The zero-order valence-electron chi connectivity index (χ0n) is 7.90. The molecule has 3 nitrogen and oxygen atoms in total. The van der Waals surface area contributed by atoms with Crippen LogP contribution in [0.15, 0.2) is 4.99 Å². The normalized spacial score (nSPS) is 29.2. The van der Waals surface area contributed by atoms with Gasteiger partial charge < -0.3 is 0 Å². The Bertz CT molecular complexity index is 228. The first-order valence-corrected chi connectivity index (χ1v) is 6.30. The third kappa shape index (κ3) is 3.02. The smallest absolute Gasteiger partial charge is 0.211 e. The lowest BCUT2D eigenvalue weighted by molar-refractivity contribution is 0.436. The summed E-state index contributed by atoms with van der Waals surface area (Å²) in [5.41, 5.74) is 0.373. The van der Waals surface area contributed by atoms with E-state index < -0.39 is 7.80 Å². The molecule has 1 rings (SSSR count). The summed E-state index contributed by atoms with van der Waals surface area (Å²) < 4.78 is 11.5. The fourth-order valence-corrected chi connectivity index (χ4v) is 3.20. The maximum absolute atomic E-state index is 11.5. The Morgan fingerprint density at radius 3 is 2.46 bits per heavy atom. The summed E-state index contributed by atoms with van der Waals surface area (Å²) >= 11 is 0. The van der Waals surface area contributed by atoms with Crippen molar-refractivity contribution in [3.8, 4) is 0 Å².